The maximum atomic E-state index is 11.4. The van der Waals surface area contributed by atoms with Crippen LogP contribution in [0.5, 0.6) is 0 Å². The summed E-state index contributed by atoms with van der Waals surface area (Å²) in [7, 11) is 0. The van der Waals surface area contributed by atoms with Gasteiger partial charge in [-0.2, -0.15) is 0 Å². The Morgan fingerprint density at radius 2 is 2.33 bits per heavy atom. The minimum atomic E-state index is 0.0874. The summed E-state index contributed by atoms with van der Waals surface area (Å²) in [5, 5.41) is 0. The lowest BCUT2D eigenvalue weighted by molar-refractivity contribution is 0.604. The van der Waals surface area contributed by atoms with Crippen molar-refractivity contribution in [1.29, 1.82) is 0 Å². The third kappa shape index (κ3) is 1.61. The van der Waals surface area contributed by atoms with Gasteiger partial charge in [-0.25, -0.2) is 0 Å². The number of hydrogen-bond donors (Lipinski definition) is 0. The molecule has 0 bridgehead atoms. The molecule has 1 aliphatic carbocycles. The minimum absolute atomic E-state index is 0.0874. The molecule has 12 heavy (non-hydrogen) atoms. The minimum Gasteiger partial charge on any atom is -0.314 e. The Hall–Kier alpha value is -0.570. The zero-order valence-corrected chi connectivity index (χ0v) is 8.25. The van der Waals surface area contributed by atoms with Gasteiger partial charge in [0.25, 0.3) is 5.56 Å². The maximum Gasteiger partial charge on any atom is 0.264 e. The Labute approximate surface area is 79.3 Å². The van der Waals surface area contributed by atoms with E-state index >= 15 is 0 Å². The van der Waals surface area contributed by atoms with Gasteiger partial charge in [-0.3, -0.25) is 4.79 Å². The standard InChI is InChI=1S/C9H10BrNO/c10-8-2-1-5-11(9(8)12)6-7-3-4-7/h1-2,5,7H,3-4,6H2. The molecule has 0 N–H and O–H groups in total. The maximum absolute atomic E-state index is 11.4. The molecule has 0 atom stereocenters. The van der Waals surface area contributed by atoms with Crippen LogP contribution in [0.3, 0.4) is 0 Å². The van der Waals surface area contributed by atoms with E-state index in [-0.39, 0.29) is 5.56 Å². The van der Waals surface area contributed by atoms with Crippen molar-refractivity contribution < 1.29 is 0 Å². The van der Waals surface area contributed by atoms with Crippen LogP contribution in [0.2, 0.25) is 0 Å². The molecule has 0 saturated heterocycles. The SMILES string of the molecule is O=c1c(Br)cccn1CC1CC1. The van der Waals surface area contributed by atoms with Crippen LogP contribution < -0.4 is 5.56 Å². The Balaban J connectivity index is 2.29. The summed E-state index contributed by atoms with van der Waals surface area (Å²) < 4.78 is 2.44. The Kier molecular flexibility index (Phi) is 2.05. The van der Waals surface area contributed by atoms with Gasteiger partial charge in [0.15, 0.2) is 0 Å². The van der Waals surface area contributed by atoms with Crippen LogP contribution in [0.4, 0.5) is 0 Å². The third-order valence-electron chi connectivity index (χ3n) is 2.13. The molecule has 1 fully saturated rings. The van der Waals surface area contributed by atoms with E-state index in [9.17, 15) is 4.79 Å². The fourth-order valence-electron chi connectivity index (χ4n) is 1.23. The van der Waals surface area contributed by atoms with Crippen LogP contribution in [-0.4, -0.2) is 4.57 Å². The highest BCUT2D eigenvalue weighted by Gasteiger charge is 2.21. The molecule has 0 radical (unpaired) electrons. The highest BCUT2D eigenvalue weighted by molar-refractivity contribution is 9.10. The summed E-state index contributed by atoms with van der Waals surface area (Å²) >= 11 is 3.22. The zero-order valence-electron chi connectivity index (χ0n) is 6.66. The van der Waals surface area contributed by atoms with E-state index in [1.165, 1.54) is 12.8 Å². The lowest BCUT2D eigenvalue weighted by atomic mass is 10.4. The number of halogens is 1. The molecule has 2 nitrogen and oxygen atoms in total. The van der Waals surface area contributed by atoms with Crippen LogP contribution in [-0.2, 0) is 6.54 Å². The third-order valence-corrected chi connectivity index (χ3v) is 2.73. The molecule has 3 heteroatoms. The monoisotopic (exact) mass is 227 g/mol. The first kappa shape index (κ1) is 8.05. The summed E-state index contributed by atoms with van der Waals surface area (Å²) in [4.78, 5) is 11.4. The van der Waals surface area contributed by atoms with Crippen LogP contribution in [0.25, 0.3) is 0 Å². The normalized spacial score (nSPS) is 16.4. The summed E-state index contributed by atoms with van der Waals surface area (Å²) in [6.45, 7) is 0.887. The highest BCUT2D eigenvalue weighted by atomic mass is 79.9. The van der Waals surface area contributed by atoms with Gasteiger partial charge < -0.3 is 4.57 Å². The number of rotatable bonds is 2. The van der Waals surface area contributed by atoms with Crippen LogP contribution >= 0.6 is 15.9 Å². The molecule has 1 aromatic rings. The van der Waals surface area contributed by atoms with E-state index in [0.29, 0.717) is 4.47 Å². The van der Waals surface area contributed by atoms with Crippen LogP contribution in [0.1, 0.15) is 12.8 Å². The van der Waals surface area contributed by atoms with E-state index in [1.54, 1.807) is 10.6 Å². The molecule has 1 aliphatic rings. The van der Waals surface area contributed by atoms with Gasteiger partial charge in [-0.05, 0) is 46.8 Å². The zero-order chi connectivity index (χ0) is 8.55. The fraction of sp³-hybridized carbons (Fsp3) is 0.444. The number of hydrogen-bond acceptors (Lipinski definition) is 1. The van der Waals surface area contributed by atoms with Gasteiger partial charge in [-0.15, -0.1) is 0 Å². The molecular formula is C9H10BrNO. The van der Waals surface area contributed by atoms with Crippen molar-refractivity contribution in [3.8, 4) is 0 Å². The molecule has 1 saturated carbocycles. The lowest BCUT2D eigenvalue weighted by Crippen LogP contribution is -2.20. The average molecular weight is 228 g/mol. The predicted molar refractivity (Wildman–Crippen MR) is 51.1 cm³/mol. The highest BCUT2D eigenvalue weighted by Crippen LogP contribution is 2.30. The van der Waals surface area contributed by atoms with Gasteiger partial charge in [0.1, 0.15) is 0 Å². The first-order valence-electron chi connectivity index (χ1n) is 4.12. The Bertz CT molecular complexity index is 341. The second-order valence-electron chi connectivity index (χ2n) is 3.26. The van der Waals surface area contributed by atoms with Crippen molar-refractivity contribution in [2.75, 3.05) is 0 Å². The molecule has 1 heterocycles. The summed E-state index contributed by atoms with van der Waals surface area (Å²) in [5.74, 6) is 0.747. The van der Waals surface area contributed by atoms with Gasteiger partial charge in [-0.1, -0.05) is 0 Å². The molecule has 64 valence electrons. The molecule has 1 aromatic heterocycles. The van der Waals surface area contributed by atoms with E-state index in [4.69, 9.17) is 0 Å². The molecular weight excluding hydrogens is 218 g/mol. The summed E-state index contributed by atoms with van der Waals surface area (Å²) in [5.41, 5.74) is 0.0874. The molecule has 2 rings (SSSR count). The van der Waals surface area contributed by atoms with Crippen molar-refractivity contribution in [2.45, 2.75) is 19.4 Å². The average Bonchev–Trinajstić information content (AvgIpc) is 2.83. The summed E-state index contributed by atoms with van der Waals surface area (Å²) in [6.07, 6.45) is 4.41. The van der Waals surface area contributed by atoms with E-state index < -0.39 is 0 Å². The second-order valence-corrected chi connectivity index (χ2v) is 4.11. The van der Waals surface area contributed by atoms with Gasteiger partial charge >= 0.3 is 0 Å². The predicted octanol–water partition coefficient (Wildman–Crippen LogP) is 2.02. The van der Waals surface area contributed by atoms with Crippen LogP contribution in [0, 0.1) is 5.92 Å². The number of nitrogens with zero attached hydrogens (tertiary/aromatic N) is 1. The topological polar surface area (TPSA) is 22.0 Å². The van der Waals surface area contributed by atoms with Gasteiger partial charge in [0, 0.05) is 12.7 Å². The van der Waals surface area contributed by atoms with Crippen molar-refractivity contribution >= 4 is 15.9 Å². The van der Waals surface area contributed by atoms with E-state index in [1.807, 2.05) is 12.3 Å². The number of pyridine rings is 1. The fourth-order valence-corrected chi connectivity index (χ4v) is 1.61. The van der Waals surface area contributed by atoms with Gasteiger partial charge in [0.2, 0.25) is 0 Å². The van der Waals surface area contributed by atoms with Crippen molar-refractivity contribution in [3.63, 3.8) is 0 Å². The van der Waals surface area contributed by atoms with Crippen LogP contribution in [0.15, 0.2) is 27.6 Å². The first-order chi connectivity index (χ1) is 5.77. The molecule has 0 aromatic carbocycles. The van der Waals surface area contributed by atoms with E-state index in [0.717, 1.165) is 12.5 Å². The second kappa shape index (κ2) is 3.05. The largest absolute Gasteiger partial charge is 0.314 e. The number of aromatic nitrogens is 1. The van der Waals surface area contributed by atoms with Crippen molar-refractivity contribution in [1.82, 2.24) is 4.57 Å². The van der Waals surface area contributed by atoms with Gasteiger partial charge in [0.05, 0.1) is 4.47 Å². The lowest BCUT2D eigenvalue weighted by Gasteiger charge is -2.03. The molecule has 0 aliphatic heterocycles. The summed E-state index contributed by atoms with van der Waals surface area (Å²) in [6, 6.07) is 3.68. The molecule has 0 unspecified atom stereocenters. The molecule has 0 amide bonds. The Morgan fingerprint density at radius 1 is 1.58 bits per heavy atom. The first-order valence-corrected chi connectivity index (χ1v) is 4.91. The van der Waals surface area contributed by atoms with E-state index in [2.05, 4.69) is 15.9 Å². The quantitative estimate of drug-likeness (QED) is 0.758. The van der Waals surface area contributed by atoms with Crippen molar-refractivity contribution in [3.05, 3.63) is 33.2 Å². The van der Waals surface area contributed by atoms with Crippen molar-refractivity contribution in [2.24, 2.45) is 5.92 Å². The molecule has 0 spiro atoms. The Morgan fingerprint density at radius 3 is 3.00 bits per heavy atom. The smallest absolute Gasteiger partial charge is 0.264 e.